The predicted molar refractivity (Wildman–Crippen MR) is 37.8 cm³/mol. The van der Waals surface area contributed by atoms with Crippen molar-refractivity contribution in [2.75, 3.05) is 0 Å². The van der Waals surface area contributed by atoms with Crippen molar-refractivity contribution in [2.24, 2.45) is 0 Å². The third-order valence-electron chi connectivity index (χ3n) is 1.25. The predicted octanol–water partition coefficient (Wildman–Crippen LogP) is 3.03. The molecule has 0 bridgehead atoms. The second-order valence-electron chi connectivity index (χ2n) is 2.51. The summed E-state index contributed by atoms with van der Waals surface area (Å²) in [7, 11) is 0. The van der Waals surface area contributed by atoms with Crippen LogP contribution in [0.2, 0.25) is 0 Å². The molecule has 0 N–H and O–H groups in total. The van der Waals surface area contributed by atoms with Crippen molar-refractivity contribution < 1.29 is 22.3 Å². The van der Waals surface area contributed by atoms with Crippen LogP contribution in [-0.2, 0) is 0 Å². The highest BCUT2D eigenvalue weighted by Crippen LogP contribution is 2.24. The highest BCUT2D eigenvalue weighted by Gasteiger charge is 2.31. The molecule has 0 heterocycles. The van der Waals surface area contributed by atoms with Crippen molar-refractivity contribution in [3.05, 3.63) is 29.6 Å². The third kappa shape index (κ3) is 3.31. The van der Waals surface area contributed by atoms with Gasteiger partial charge in [-0.1, -0.05) is 0 Å². The maximum Gasteiger partial charge on any atom is 0.573 e. The molecule has 0 fully saturated rings. The van der Waals surface area contributed by atoms with Gasteiger partial charge in [0.05, 0.1) is 0 Å². The second kappa shape index (κ2) is 3.24. The number of aryl methyl sites for hydroxylation is 1. The second-order valence-corrected chi connectivity index (χ2v) is 2.51. The number of rotatable bonds is 1. The summed E-state index contributed by atoms with van der Waals surface area (Å²) in [6.07, 6.45) is -4.78. The summed E-state index contributed by atoms with van der Waals surface area (Å²) in [6.45, 7) is 1.48. The van der Waals surface area contributed by atoms with Crippen LogP contribution < -0.4 is 4.74 Å². The lowest BCUT2D eigenvalue weighted by Gasteiger charge is -2.08. The van der Waals surface area contributed by atoms with Gasteiger partial charge in [0.15, 0.2) is 0 Å². The number of halogens is 4. The van der Waals surface area contributed by atoms with Gasteiger partial charge in [-0.15, -0.1) is 13.2 Å². The highest BCUT2D eigenvalue weighted by molar-refractivity contribution is 5.28. The third-order valence-corrected chi connectivity index (χ3v) is 1.25. The molecule has 0 aliphatic carbocycles. The minimum atomic E-state index is -4.78. The zero-order valence-electron chi connectivity index (χ0n) is 6.65. The Bertz CT molecular complexity index is 285. The van der Waals surface area contributed by atoms with Gasteiger partial charge in [0, 0.05) is 6.07 Å². The van der Waals surface area contributed by atoms with Gasteiger partial charge < -0.3 is 4.74 Å². The first kappa shape index (κ1) is 9.83. The summed E-state index contributed by atoms with van der Waals surface area (Å²) in [5, 5.41) is 0. The van der Waals surface area contributed by atoms with E-state index in [9.17, 15) is 17.6 Å². The van der Waals surface area contributed by atoms with Crippen LogP contribution in [0.4, 0.5) is 17.6 Å². The van der Waals surface area contributed by atoms with Gasteiger partial charge in [-0.25, -0.2) is 4.39 Å². The fraction of sp³-hybridized carbons (Fsp3) is 0.250. The van der Waals surface area contributed by atoms with E-state index in [1.807, 2.05) is 0 Å². The van der Waals surface area contributed by atoms with Crippen LogP contribution in [0.1, 0.15) is 5.56 Å². The number of alkyl halides is 3. The molecule has 0 amide bonds. The lowest BCUT2D eigenvalue weighted by Crippen LogP contribution is -2.17. The van der Waals surface area contributed by atoms with E-state index >= 15 is 0 Å². The monoisotopic (exact) mass is 194 g/mol. The molecule has 0 unspecified atom stereocenters. The van der Waals surface area contributed by atoms with Gasteiger partial charge in [0.2, 0.25) is 0 Å². The van der Waals surface area contributed by atoms with Crippen LogP contribution in [-0.4, -0.2) is 6.36 Å². The van der Waals surface area contributed by atoms with E-state index in [1.165, 1.54) is 6.92 Å². The molecule has 0 aromatic heterocycles. The van der Waals surface area contributed by atoms with E-state index in [4.69, 9.17) is 0 Å². The van der Waals surface area contributed by atoms with E-state index < -0.39 is 17.9 Å². The van der Waals surface area contributed by atoms with Gasteiger partial charge in [0.1, 0.15) is 11.6 Å². The zero-order chi connectivity index (χ0) is 10.1. The highest BCUT2D eigenvalue weighted by atomic mass is 19.4. The molecule has 1 aromatic rings. The van der Waals surface area contributed by atoms with Crippen LogP contribution in [0.25, 0.3) is 0 Å². The molecule has 0 saturated heterocycles. The molecular formula is C8H6F4O. The lowest BCUT2D eigenvalue weighted by atomic mass is 10.2. The van der Waals surface area contributed by atoms with Crippen molar-refractivity contribution in [1.29, 1.82) is 0 Å². The first-order valence-corrected chi connectivity index (χ1v) is 3.40. The van der Waals surface area contributed by atoms with Crippen LogP contribution in [0, 0.1) is 12.7 Å². The van der Waals surface area contributed by atoms with Crippen molar-refractivity contribution in [2.45, 2.75) is 13.3 Å². The first-order chi connectivity index (χ1) is 5.87. The Hall–Kier alpha value is -1.26. The van der Waals surface area contributed by atoms with E-state index in [0.717, 1.165) is 12.1 Å². The summed E-state index contributed by atoms with van der Waals surface area (Å²) in [4.78, 5) is 0. The standard InChI is InChI=1S/C8H6F4O/c1-5-2-6(9)4-7(3-5)13-8(10,11)12/h2-4H,1H3. The Morgan fingerprint density at radius 3 is 2.23 bits per heavy atom. The molecule has 0 spiro atoms. The Balaban J connectivity index is 2.90. The van der Waals surface area contributed by atoms with Crippen molar-refractivity contribution >= 4 is 0 Å². The molecule has 0 radical (unpaired) electrons. The molecule has 0 saturated carbocycles. The Kier molecular flexibility index (Phi) is 2.45. The van der Waals surface area contributed by atoms with E-state index in [1.54, 1.807) is 0 Å². The molecule has 5 heteroatoms. The summed E-state index contributed by atoms with van der Waals surface area (Å²) in [6, 6.07) is 2.90. The molecule has 0 aliphatic heterocycles. The molecule has 0 aliphatic rings. The Morgan fingerprint density at radius 1 is 1.15 bits per heavy atom. The fourth-order valence-electron chi connectivity index (χ4n) is 0.895. The van der Waals surface area contributed by atoms with Gasteiger partial charge in [-0.3, -0.25) is 0 Å². The van der Waals surface area contributed by atoms with Crippen LogP contribution in [0.3, 0.4) is 0 Å². The average molecular weight is 194 g/mol. The lowest BCUT2D eigenvalue weighted by molar-refractivity contribution is -0.274. The SMILES string of the molecule is Cc1cc(F)cc(OC(F)(F)F)c1. The van der Waals surface area contributed by atoms with Gasteiger partial charge in [-0.05, 0) is 24.6 Å². The van der Waals surface area contributed by atoms with Gasteiger partial charge in [-0.2, -0.15) is 0 Å². The maximum atomic E-state index is 12.6. The van der Waals surface area contributed by atoms with Gasteiger partial charge >= 0.3 is 6.36 Å². The van der Waals surface area contributed by atoms with Crippen LogP contribution >= 0.6 is 0 Å². The van der Waals surface area contributed by atoms with E-state index in [-0.39, 0.29) is 0 Å². The molecule has 1 aromatic carbocycles. The summed E-state index contributed by atoms with van der Waals surface area (Å²) >= 11 is 0. The van der Waals surface area contributed by atoms with Crippen molar-refractivity contribution in [1.82, 2.24) is 0 Å². The largest absolute Gasteiger partial charge is 0.573 e. The topological polar surface area (TPSA) is 9.23 Å². The summed E-state index contributed by atoms with van der Waals surface area (Å²) in [5.41, 5.74) is 0.374. The molecule has 13 heavy (non-hydrogen) atoms. The minimum absolute atomic E-state index is 0.374. The number of ether oxygens (including phenoxy) is 1. The first-order valence-electron chi connectivity index (χ1n) is 3.40. The molecular weight excluding hydrogens is 188 g/mol. The zero-order valence-corrected chi connectivity index (χ0v) is 6.65. The molecule has 1 rings (SSSR count). The van der Waals surface area contributed by atoms with Crippen LogP contribution in [0.5, 0.6) is 5.75 Å². The van der Waals surface area contributed by atoms with E-state index in [0.29, 0.717) is 11.6 Å². The minimum Gasteiger partial charge on any atom is -0.406 e. The van der Waals surface area contributed by atoms with Gasteiger partial charge in [0.25, 0.3) is 0 Å². The van der Waals surface area contributed by atoms with E-state index in [2.05, 4.69) is 4.74 Å². The number of benzene rings is 1. The summed E-state index contributed by atoms with van der Waals surface area (Å²) < 4.78 is 51.1. The molecule has 72 valence electrons. The van der Waals surface area contributed by atoms with Crippen LogP contribution in [0.15, 0.2) is 18.2 Å². The summed E-state index contributed by atoms with van der Waals surface area (Å²) in [5.74, 6) is -1.29. The normalized spacial score (nSPS) is 11.5. The Labute approximate surface area is 71.9 Å². The van der Waals surface area contributed by atoms with Crippen molar-refractivity contribution in [3.8, 4) is 5.75 Å². The average Bonchev–Trinajstić information content (AvgIpc) is 1.78. The number of hydrogen-bond acceptors (Lipinski definition) is 1. The fourth-order valence-corrected chi connectivity index (χ4v) is 0.895. The van der Waals surface area contributed by atoms with Crippen molar-refractivity contribution in [3.63, 3.8) is 0 Å². The Morgan fingerprint density at radius 2 is 1.77 bits per heavy atom. The molecule has 1 nitrogen and oxygen atoms in total. The molecule has 0 atom stereocenters. The smallest absolute Gasteiger partial charge is 0.406 e. The quantitative estimate of drug-likeness (QED) is 0.624. The maximum absolute atomic E-state index is 12.6. The number of hydrogen-bond donors (Lipinski definition) is 0.